The number of carbonyl (C=O) groups excluding carboxylic acids is 2. The van der Waals surface area contributed by atoms with Gasteiger partial charge in [0.15, 0.2) is 0 Å². The van der Waals surface area contributed by atoms with Gasteiger partial charge in [0.1, 0.15) is 21.8 Å². The van der Waals surface area contributed by atoms with E-state index in [0.29, 0.717) is 29.2 Å². The summed E-state index contributed by atoms with van der Waals surface area (Å²) in [4.78, 5) is 48.6. The summed E-state index contributed by atoms with van der Waals surface area (Å²) in [5, 5.41) is 10.1. The number of anilines is 1. The number of ether oxygens (including phenoxy) is 2. The first-order chi connectivity index (χ1) is 24.6. The molecule has 1 unspecified atom stereocenters. The highest BCUT2D eigenvalue weighted by molar-refractivity contribution is 7.93. The van der Waals surface area contributed by atoms with Gasteiger partial charge in [-0.15, -0.1) is 0 Å². The topological polar surface area (TPSA) is 137 Å². The van der Waals surface area contributed by atoms with Crippen molar-refractivity contribution in [3.63, 3.8) is 0 Å². The fraction of sp³-hybridized carbons (Fsp3) is 0.447. The lowest BCUT2D eigenvalue weighted by Gasteiger charge is -2.43. The highest BCUT2D eigenvalue weighted by Crippen LogP contribution is 2.53. The van der Waals surface area contributed by atoms with Crippen LogP contribution in [0.2, 0.25) is 0 Å². The van der Waals surface area contributed by atoms with Crippen LogP contribution in [0.3, 0.4) is 0 Å². The van der Waals surface area contributed by atoms with E-state index < -0.39 is 33.7 Å². The molecular formula is C38H46N4O8S. The Bertz CT molecular complexity index is 1890. The van der Waals surface area contributed by atoms with Gasteiger partial charge >= 0.3 is 5.97 Å². The third kappa shape index (κ3) is 6.70. The van der Waals surface area contributed by atoms with Crippen LogP contribution in [-0.2, 0) is 25.0 Å². The Labute approximate surface area is 299 Å². The first-order valence-electron chi connectivity index (χ1n) is 17.6. The molecule has 3 aliphatic heterocycles. The second kappa shape index (κ2) is 15.0. The molecule has 1 N–H and O–H groups in total. The number of fused-ring (bicyclic) bond motifs is 1. The Morgan fingerprint density at radius 1 is 0.882 bits per heavy atom. The number of benzene rings is 3. The first kappa shape index (κ1) is 36.3. The fourth-order valence-corrected chi connectivity index (χ4v) is 9.51. The highest BCUT2D eigenvalue weighted by Gasteiger charge is 2.59. The molecule has 0 saturated carbocycles. The molecule has 0 spiro atoms. The van der Waals surface area contributed by atoms with Crippen LogP contribution in [0.4, 0.5) is 5.69 Å². The lowest BCUT2D eigenvalue weighted by molar-refractivity contribution is -0.136. The minimum Gasteiger partial charge on any atom is -0.495 e. The van der Waals surface area contributed by atoms with E-state index >= 15 is 4.79 Å². The Morgan fingerprint density at radius 2 is 1.55 bits per heavy atom. The Morgan fingerprint density at radius 3 is 2.20 bits per heavy atom. The van der Waals surface area contributed by atoms with Crippen molar-refractivity contribution in [3.05, 3.63) is 83.4 Å². The summed E-state index contributed by atoms with van der Waals surface area (Å²) in [5.74, 6) is -2.15. The van der Waals surface area contributed by atoms with E-state index in [9.17, 15) is 23.1 Å². The number of carbonyl (C=O) groups is 3. The summed E-state index contributed by atoms with van der Waals surface area (Å²) in [6, 6.07) is 17.0. The molecule has 6 rings (SSSR count). The predicted octanol–water partition coefficient (Wildman–Crippen LogP) is 4.22. The van der Waals surface area contributed by atoms with Crippen molar-refractivity contribution in [1.29, 1.82) is 0 Å². The molecule has 0 aromatic heterocycles. The van der Waals surface area contributed by atoms with E-state index in [1.54, 1.807) is 42.2 Å². The Kier molecular flexibility index (Phi) is 10.7. The minimum atomic E-state index is -4.63. The van der Waals surface area contributed by atoms with Gasteiger partial charge in [-0.25, -0.2) is 17.5 Å². The van der Waals surface area contributed by atoms with Gasteiger partial charge in [0.05, 0.1) is 25.0 Å². The molecule has 3 aliphatic rings. The van der Waals surface area contributed by atoms with Crippen molar-refractivity contribution in [2.24, 2.45) is 0 Å². The maximum atomic E-state index is 15.2. The highest BCUT2D eigenvalue weighted by atomic mass is 32.2. The number of aromatic carboxylic acids is 1. The number of hydrogen-bond donors (Lipinski definition) is 1. The first-order valence-corrected chi connectivity index (χ1v) is 19.1. The molecule has 0 radical (unpaired) electrons. The second-order valence-electron chi connectivity index (χ2n) is 13.3. The van der Waals surface area contributed by atoms with Gasteiger partial charge in [-0.3, -0.25) is 14.5 Å². The molecule has 3 aromatic carbocycles. The maximum absolute atomic E-state index is 15.2. The Balaban J connectivity index is 1.41. The lowest BCUT2D eigenvalue weighted by atomic mass is 9.71. The lowest BCUT2D eigenvalue weighted by Crippen LogP contribution is -2.54. The third-order valence-electron chi connectivity index (χ3n) is 10.4. The summed E-state index contributed by atoms with van der Waals surface area (Å²) < 4.78 is 41.2. The number of nitrogens with zero attached hydrogens (tertiary/aromatic N) is 4. The average molecular weight is 719 g/mol. The number of likely N-dealkylation sites (tertiary alicyclic amines) is 1. The average Bonchev–Trinajstić information content (AvgIpc) is 3.39. The van der Waals surface area contributed by atoms with Crippen molar-refractivity contribution in [1.82, 2.24) is 14.7 Å². The van der Waals surface area contributed by atoms with Gasteiger partial charge in [-0.05, 0) is 74.7 Å². The van der Waals surface area contributed by atoms with Crippen LogP contribution in [0.25, 0.3) is 0 Å². The number of amides is 2. The standard InChI is InChI=1S/C38H46N4O8S/c1-4-18-39-21-23-40(24-22-39)28-16-19-41(20-17-28)35(43)26-38(29-10-6-7-11-32(29)50-5-2)30-25-27(36(44)45)14-15-31(30)42(37(38)46)51(47,48)34-13-9-8-12-33(34)49-3/h6-15,25,28H,4-5,16-24,26H2,1-3H3,(H,44,45). The van der Waals surface area contributed by atoms with Crippen LogP contribution in [0.15, 0.2) is 71.6 Å². The Hall–Kier alpha value is -4.46. The molecule has 2 amide bonds. The van der Waals surface area contributed by atoms with Crippen LogP contribution in [0, 0.1) is 0 Å². The van der Waals surface area contributed by atoms with E-state index in [4.69, 9.17) is 9.47 Å². The third-order valence-corrected chi connectivity index (χ3v) is 12.1. The molecule has 12 nitrogen and oxygen atoms in total. The molecule has 3 heterocycles. The minimum absolute atomic E-state index is 0.0315. The second-order valence-corrected chi connectivity index (χ2v) is 15.0. The summed E-state index contributed by atoms with van der Waals surface area (Å²) in [5.41, 5.74) is -1.72. The number of carboxylic acid groups (broad SMARTS) is 1. The van der Waals surface area contributed by atoms with Crippen molar-refractivity contribution in [3.8, 4) is 11.5 Å². The molecule has 51 heavy (non-hydrogen) atoms. The van der Waals surface area contributed by atoms with Crippen LogP contribution in [0.1, 0.15) is 61.0 Å². The number of hydrogen-bond acceptors (Lipinski definition) is 9. The number of rotatable bonds is 12. The fourth-order valence-electron chi connectivity index (χ4n) is 7.87. The molecule has 1 atom stereocenters. The van der Waals surface area contributed by atoms with Crippen LogP contribution < -0.4 is 13.8 Å². The van der Waals surface area contributed by atoms with Crippen molar-refractivity contribution < 1.29 is 37.4 Å². The molecule has 13 heteroatoms. The smallest absolute Gasteiger partial charge is 0.335 e. The van der Waals surface area contributed by atoms with E-state index in [1.807, 2.05) is 0 Å². The molecule has 2 fully saturated rings. The van der Waals surface area contributed by atoms with Gasteiger partial charge in [0.2, 0.25) is 5.91 Å². The van der Waals surface area contributed by atoms with Crippen molar-refractivity contribution in [2.45, 2.75) is 55.9 Å². The number of piperazine rings is 1. The van der Waals surface area contributed by atoms with Crippen molar-refractivity contribution >= 4 is 33.5 Å². The normalized spacial score (nSPS) is 20.3. The zero-order chi connectivity index (χ0) is 36.3. The summed E-state index contributed by atoms with van der Waals surface area (Å²) in [6.45, 7) is 10.3. The number of carboxylic acids is 1. The van der Waals surface area contributed by atoms with Gasteiger partial charge in [0.25, 0.3) is 15.9 Å². The van der Waals surface area contributed by atoms with Gasteiger partial charge in [0, 0.05) is 57.3 Å². The molecule has 272 valence electrons. The summed E-state index contributed by atoms with van der Waals surface area (Å²) in [6.07, 6.45) is 2.27. The van der Waals surface area contributed by atoms with Gasteiger partial charge in [-0.1, -0.05) is 37.3 Å². The monoisotopic (exact) mass is 718 g/mol. The zero-order valence-corrected chi connectivity index (χ0v) is 30.2. The van der Waals surface area contributed by atoms with Crippen LogP contribution in [-0.4, -0.2) is 112 Å². The maximum Gasteiger partial charge on any atom is 0.335 e. The number of methoxy groups -OCH3 is 1. The van der Waals surface area contributed by atoms with Crippen molar-refractivity contribution in [2.75, 3.05) is 63.8 Å². The number of sulfonamides is 1. The van der Waals surface area contributed by atoms with E-state index in [0.717, 1.165) is 52.0 Å². The van der Waals surface area contributed by atoms with E-state index in [1.165, 1.54) is 43.5 Å². The summed E-state index contributed by atoms with van der Waals surface area (Å²) >= 11 is 0. The largest absolute Gasteiger partial charge is 0.495 e. The molecule has 3 aromatic rings. The van der Waals surface area contributed by atoms with E-state index in [-0.39, 0.29) is 45.5 Å². The molecule has 0 bridgehead atoms. The number of para-hydroxylation sites is 2. The summed E-state index contributed by atoms with van der Waals surface area (Å²) in [7, 11) is -3.30. The molecule has 2 saturated heterocycles. The van der Waals surface area contributed by atoms with Crippen LogP contribution in [0.5, 0.6) is 11.5 Å². The SMILES string of the molecule is CCCN1CCN(C2CCN(C(=O)CC3(c4ccccc4OCC)C(=O)N(S(=O)(=O)c4ccccc4OC)c4ccc(C(=O)O)cc43)CC2)CC1. The zero-order valence-electron chi connectivity index (χ0n) is 29.4. The van der Waals surface area contributed by atoms with Gasteiger partial charge < -0.3 is 24.4 Å². The predicted molar refractivity (Wildman–Crippen MR) is 192 cm³/mol. The quantitative estimate of drug-likeness (QED) is 0.290. The van der Waals surface area contributed by atoms with Crippen LogP contribution >= 0.6 is 0 Å². The van der Waals surface area contributed by atoms with Gasteiger partial charge in [-0.2, -0.15) is 0 Å². The molecule has 0 aliphatic carbocycles. The van der Waals surface area contributed by atoms with E-state index in [2.05, 4.69) is 16.7 Å². The number of piperidine rings is 1. The molecular weight excluding hydrogens is 673 g/mol.